The monoisotopic (exact) mass is 403 g/mol. The summed E-state index contributed by atoms with van der Waals surface area (Å²) in [7, 11) is -3.44. The first-order valence-electron chi connectivity index (χ1n) is 8.73. The molecule has 0 N–H and O–H groups in total. The van der Waals surface area contributed by atoms with Gasteiger partial charge >= 0.3 is 0 Å². The van der Waals surface area contributed by atoms with Crippen molar-refractivity contribution in [2.45, 2.75) is 5.75 Å². The van der Waals surface area contributed by atoms with Gasteiger partial charge in [0, 0.05) is 37.8 Å². The first kappa shape index (κ1) is 18.5. The smallest absolute Gasteiger partial charge is 0.220 e. The van der Waals surface area contributed by atoms with E-state index in [0.717, 1.165) is 5.56 Å². The molecule has 0 atom stereocenters. The molecule has 10 heteroatoms. The fourth-order valence-electron chi connectivity index (χ4n) is 3.05. The summed E-state index contributed by atoms with van der Waals surface area (Å²) < 4.78 is 44.2. The van der Waals surface area contributed by atoms with Crippen LogP contribution in [0.3, 0.4) is 0 Å². The van der Waals surface area contributed by atoms with Crippen LogP contribution in [0.15, 0.2) is 53.3 Å². The highest BCUT2D eigenvalue weighted by Crippen LogP contribution is 2.20. The molecule has 0 bridgehead atoms. The highest BCUT2D eigenvalue weighted by molar-refractivity contribution is 7.88. The normalized spacial score (nSPS) is 15.7. The number of benzene rings is 1. The zero-order valence-corrected chi connectivity index (χ0v) is 15.7. The number of rotatable bonds is 5. The second-order valence-electron chi connectivity index (χ2n) is 6.42. The van der Waals surface area contributed by atoms with E-state index in [-0.39, 0.29) is 11.6 Å². The predicted molar refractivity (Wildman–Crippen MR) is 100 cm³/mol. The summed E-state index contributed by atoms with van der Waals surface area (Å²) in [6, 6.07) is 11.3. The summed E-state index contributed by atoms with van der Waals surface area (Å²) >= 11 is 0. The average molecular weight is 403 g/mol. The van der Waals surface area contributed by atoms with E-state index < -0.39 is 10.0 Å². The number of hydrogen-bond donors (Lipinski definition) is 0. The van der Waals surface area contributed by atoms with Crippen LogP contribution >= 0.6 is 0 Å². The van der Waals surface area contributed by atoms with Gasteiger partial charge < -0.3 is 9.42 Å². The van der Waals surface area contributed by atoms with Gasteiger partial charge in [-0.3, -0.25) is 0 Å². The summed E-state index contributed by atoms with van der Waals surface area (Å²) in [5.74, 6) is 0.208. The Morgan fingerprint density at radius 1 is 0.964 bits per heavy atom. The Kier molecular flexibility index (Phi) is 5.05. The molecule has 3 heterocycles. The third kappa shape index (κ3) is 4.02. The molecule has 3 aromatic rings. The van der Waals surface area contributed by atoms with Crippen molar-refractivity contribution in [2.75, 3.05) is 31.1 Å². The molecular formula is C18H18FN5O3S. The lowest BCUT2D eigenvalue weighted by atomic mass is 10.1. The van der Waals surface area contributed by atoms with Crippen LogP contribution in [0.1, 0.15) is 5.69 Å². The van der Waals surface area contributed by atoms with Gasteiger partial charge in [0.05, 0.1) is 11.4 Å². The van der Waals surface area contributed by atoms with E-state index in [1.165, 1.54) is 22.7 Å². The van der Waals surface area contributed by atoms with Crippen molar-refractivity contribution in [3.8, 4) is 11.3 Å². The third-order valence-corrected chi connectivity index (χ3v) is 6.38. The van der Waals surface area contributed by atoms with Crippen molar-refractivity contribution in [1.82, 2.24) is 19.7 Å². The molecule has 28 heavy (non-hydrogen) atoms. The third-order valence-electron chi connectivity index (χ3n) is 4.57. The van der Waals surface area contributed by atoms with Crippen LogP contribution in [0.2, 0.25) is 0 Å². The Balaban J connectivity index is 1.39. The maximum Gasteiger partial charge on any atom is 0.220 e. The maximum atomic E-state index is 13.0. The van der Waals surface area contributed by atoms with E-state index in [9.17, 15) is 12.8 Å². The van der Waals surface area contributed by atoms with Gasteiger partial charge in [0.1, 0.15) is 17.8 Å². The van der Waals surface area contributed by atoms with Crippen molar-refractivity contribution in [3.63, 3.8) is 0 Å². The van der Waals surface area contributed by atoms with E-state index in [4.69, 9.17) is 4.52 Å². The number of nitrogens with zero attached hydrogens (tertiary/aromatic N) is 5. The van der Waals surface area contributed by atoms with E-state index in [2.05, 4.69) is 15.4 Å². The molecule has 0 saturated carbocycles. The van der Waals surface area contributed by atoms with Crippen LogP contribution in [-0.2, 0) is 15.8 Å². The number of piperazine rings is 1. The minimum absolute atomic E-state index is 0.171. The lowest BCUT2D eigenvalue weighted by molar-refractivity contribution is 0.380. The van der Waals surface area contributed by atoms with Crippen molar-refractivity contribution >= 4 is 15.8 Å². The zero-order chi connectivity index (χ0) is 19.6. The van der Waals surface area contributed by atoms with Crippen LogP contribution in [0.4, 0.5) is 10.2 Å². The molecule has 4 rings (SSSR count). The fourth-order valence-corrected chi connectivity index (χ4v) is 4.48. The van der Waals surface area contributed by atoms with Gasteiger partial charge in [0.15, 0.2) is 5.82 Å². The van der Waals surface area contributed by atoms with Crippen molar-refractivity contribution in [1.29, 1.82) is 0 Å². The van der Waals surface area contributed by atoms with Gasteiger partial charge in [-0.25, -0.2) is 12.8 Å². The van der Waals surface area contributed by atoms with Crippen molar-refractivity contribution < 1.29 is 17.3 Å². The lowest BCUT2D eigenvalue weighted by Gasteiger charge is -2.34. The van der Waals surface area contributed by atoms with E-state index in [0.29, 0.717) is 43.4 Å². The Morgan fingerprint density at radius 3 is 2.32 bits per heavy atom. The van der Waals surface area contributed by atoms with Gasteiger partial charge in [0.2, 0.25) is 10.0 Å². The van der Waals surface area contributed by atoms with E-state index in [1.54, 1.807) is 18.2 Å². The van der Waals surface area contributed by atoms with Gasteiger partial charge in [-0.2, -0.15) is 4.31 Å². The summed E-state index contributed by atoms with van der Waals surface area (Å²) in [6.07, 6.45) is 1.36. The molecule has 0 amide bonds. The molecule has 1 aliphatic rings. The van der Waals surface area contributed by atoms with Crippen LogP contribution in [0.25, 0.3) is 11.3 Å². The van der Waals surface area contributed by atoms with Crippen LogP contribution in [-0.4, -0.2) is 54.3 Å². The average Bonchev–Trinajstić information content (AvgIpc) is 3.21. The Bertz CT molecular complexity index is 1020. The molecule has 1 fully saturated rings. The van der Waals surface area contributed by atoms with E-state index in [1.807, 2.05) is 17.0 Å². The van der Waals surface area contributed by atoms with Crippen molar-refractivity contribution in [2.24, 2.45) is 0 Å². The van der Waals surface area contributed by atoms with Gasteiger partial charge in [-0.1, -0.05) is 5.16 Å². The van der Waals surface area contributed by atoms with Crippen molar-refractivity contribution in [3.05, 3.63) is 60.2 Å². The highest BCUT2D eigenvalue weighted by Gasteiger charge is 2.28. The second-order valence-corrected chi connectivity index (χ2v) is 8.39. The molecular weight excluding hydrogens is 385 g/mol. The molecule has 1 aromatic carbocycles. The molecule has 0 radical (unpaired) electrons. The molecule has 1 saturated heterocycles. The SMILES string of the molecule is O=S(=O)(Cc1ccon1)N1CCN(c2ccc(-c3ccc(F)cc3)nn2)CC1. The number of halogens is 1. The minimum atomic E-state index is -3.44. The molecule has 8 nitrogen and oxygen atoms in total. The highest BCUT2D eigenvalue weighted by atomic mass is 32.2. The van der Waals surface area contributed by atoms with Crippen LogP contribution in [0.5, 0.6) is 0 Å². The number of sulfonamides is 1. The molecule has 146 valence electrons. The Labute approximate surface area is 161 Å². The molecule has 2 aromatic heterocycles. The van der Waals surface area contributed by atoms with Crippen LogP contribution < -0.4 is 4.90 Å². The van der Waals surface area contributed by atoms with E-state index >= 15 is 0 Å². The van der Waals surface area contributed by atoms with Gasteiger partial charge in [0.25, 0.3) is 0 Å². The standard InChI is InChI=1S/C18H18FN5O3S/c19-15-3-1-14(2-4-15)17-5-6-18(21-20-17)23-8-10-24(11-9-23)28(25,26)13-16-7-12-27-22-16/h1-7,12H,8-11,13H2. The first-order chi connectivity index (χ1) is 13.5. The molecule has 0 unspecified atom stereocenters. The summed E-state index contributed by atoms with van der Waals surface area (Å²) in [6.45, 7) is 1.76. The number of aromatic nitrogens is 3. The second kappa shape index (κ2) is 7.64. The zero-order valence-electron chi connectivity index (χ0n) is 14.9. The Hall–Kier alpha value is -2.85. The van der Waals surface area contributed by atoms with Gasteiger partial charge in [-0.05, 0) is 36.4 Å². The Morgan fingerprint density at radius 2 is 1.71 bits per heavy atom. The predicted octanol–water partition coefficient (Wildman–Crippen LogP) is 1.92. The quantitative estimate of drug-likeness (QED) is 0.643. The fraction of sp³-hybridized carbons (Fsp3) is 0.278. The largest absolute Gasteiger partial charge is 0.364 e. The lowest BCUT2D eigenvalue weighted by Crippen LogP contribution is -2.49. The summed E-state index contributed by atoms with van der Waals surface area (Å²) in [4.78, 5) is 1.99. The maximum absolute atomic E-state index is 13.0. The molecule has 1 aliphatic heterocycles. The summed E-state index contributed by atoms with van der Waals surface area (Å²) in [5.41, 5.74) is 1.83. The minimum Gasteiger partial charge on any atom is -0.364 e. The van der Waals surface area contributed by atoms with Crippen LogP contribution in [0, 0.1) is 5.82 Å². The van der Waals surface area contributed by atoms with Gasteiger partial charge in [-0.15, -0.1) is 10.2 Å². The number of anilines is 1. The number of hydrogen-bond acceptors (Lipinski definition) is 7. The molecule has 0 aliphatic carbocycles. The summed E-state index contributed by atoms with van der Waals surface area (Å²) in [5, 5.41) is 12.1. The molecule has 0 spiro atoms. The first-order valence-corrected chi connectivity index (χ1v) is 10.3. The topological polar surface area (TPSA) is 92.4 Å².